The Kier molecular flexibility index (Phi) is 3.29. The van der Waals surface area contributed by atoms with Gasteiger partial charge in [-0.15, -0.1) is 0 Å². The monoisotopic (exact) mass is 245 g/mol. The van der Waals surface area contributed by atoms with Crippen LogP contribution in [0.3, 0.4) is 0 Å². The van der Waals surface area contributed by atoms with Gasteiger partial charge in [0.1, 0.15) is 11.6 Å². The number of nitrogens with zero attached hydrogens (tertiary/aromatic N) is 2. The summed E-state index contributed by atoms with van der Waals surface area (Å²) in [4.78, 5) is 7.88. The summed E-state index contributed by atoms with van der Waals surface area (Å²) < 4.78 is 5.69. The average Bonchev–Trinajstić information content (AvgIpc) is 2.34. The van der Waals surface area contributed by atoms with Crippen LogP contribution in [0.4, 0.5) is 11.8 Å². The molecule has 0 saturated carbocycles. The number of nitrogen functional groups attached to an aromatic ring is 2. The zero-order chi connectivity index (χ0) is 13.1. The van der Waals surface area contributed by atoms with Crippen LogP contribution in [-0.4, -0.2) is 9.97 Å². The summed E-state index contributed by atoms with van der Waals surface area (Å²) in [5.41, 5.74) is 10.2. The summed E-state index contributed by atoms with van der Waals surface area (Å²) in [5, 5.41) is 0. The predicted octanol–water partition coefficient (Wildman–Crippen LogP) is 1.75. The zero-order valence-electron chi connectivity index (χ0n) is 10.3. The number of rotatable bonds is 3. The fraction of sp³-hybridized carbons (Fsp3) is 0.167. The van der Waals surface area contributed by atoms with E-state index in [0.29, 0.717) is 11.7 Å². The van der Waals surface area contributed by atoms with Crippen molar-refractivity contribution >= 4 is 11.8 Å². The number of benzene rings is 1. The third-order valence-electron chi connectivity index (χ3n) is 2.64. The Balaban J connectivity index is 2.34. The minimum Gasteiger partial charge on any atom is -0.438 e. The molecule has 0 spiro atoms. The van der Waals surface area contributed by atoms with Gasteiger partial charge in [-0.2, -0.15) is 9.97 Å². The molecule has 0 aliphatic rings. The lowest BCUT2D eigenvalue weighted by atomic mass is 10.1. The van der Waals surface area contributed by atoms with Crippen LogP contribution in [-0.2, 0) is 0 Å². The third-order valence-corrected chi connectivity index (χ3v) is 2.64. The van der Waals surface area contributed by atoms with Gasteiger partial charge in [0.05, 0.1) is 0 Å². The van der Waals surface area contributed by atoms with Crippen molar-refractivity contribution < 1.29 is 4.74 Å². The van der Waals surface area contributed by atoms with Gasteiger partial charge in [0.15, 0.2) is 0 Å². The van der Waals surface area contributed by atoms with Crippen molar-refractivity contribution in [2.24, 2.45) is 5.84 Å². The van der Waals surface area contributed by atoms with Crippen molar-refractivity contribution in [1.29, 1.82) is 0 Å². The van der Waals surface area contributed by atoms with Crippen LogP contribution in [0.5, 0.6) is 11.6 Å². The van der Waals surface area contributed by atoms with Gasteiger partial charge in [-0.05, 0) is 31.0 Å². The van der Waals surface area contributed by atoms with E-state index in [4.69, 9.17) is 16.3 Å². The van der Waals surface area contributed by atoms with Crippen LogP contribution in [0.2, 0.25) is 0 Å². The van der Waals surface area contributed by atoms with Crippen LogP contribution in [0, 0.1) is 13.8 Å². The number of hydrogen-bond donors (Lipinski definition) is 3. The lowest BCUT2D eigenvalue weighted by Gasteiger charge is -2.10. The Hall–Kier alpha value is -2.34. The molecule has 1 aromatic carbocycles. The van der Waals surface area contributed by atoms with Crippen molar-refractivity contribution in [2.45, 2.75) is 13.8 Å². The molecule has 18 heavy (non-hydrogen) atoms. The Morgan fingerprint density at radius 3 is 2.72 bits per heavy atom. The van der Waals surface area contributed by atoms with Gasteiger partial charge in [0.2, 0.25) is 11.8 Å². The molecule has 0 saturated heterocycles. The van der Waals surface area contributed by atoms with Crippen molar-refractivity contribution in [3.8, 4) is 11.6 Å². The van der Waals surface area contributed by atoms with Crippen molar-refractivity contribution in [3.63, 3.8) is 0 Å². The van der Waals surface area contributed by atoms with Crippen molar-refractivity contribution in [3.05, 3.63) is 35.4 Å². The lowest BCUT2D eigenvalue weighted by molar-refractivity contribution is 0.459. The third kappa shape index (κ3) is 2.49. The van der Waals surface area contributed by atoms with Crippen LogP contribution in [0.25, 0.3) is 0 Å². The van der Waals surface area contributed by atoms with E-state index in [1.807, 2.05) is 32.0 Å². The molecular formula is C12H15N5O. The number of nitrogens with one attached hydrogen (secondary N) is 1. The predicted molar refractivity (Wildman–Crippen MR) is 70.2 cm³/mol. The molecule has 2 rings (SSSR count). The number of anilines is 2. The molecule has 0 fully saturated rings. The fourth-order valence-electron chi connectivity index (χ4n) is 1.52. The maximum atomic E-state index is 5.69. The number of nitrogens with two attached hydrogens (primary N) is 2. The van der Waals surface area contributed by atoms with Gasteiger partial charge >= 0.3 is 0 Å². The molecule has 6 heteroatoms. The van der Waals surface area contributed by atoms with Crippen LogP contribution in [0.1, 0.15) is 11.1 Å². The van der Waals surface area contributed by atoms with E-state index in [-0.39, 0.29) is 5.95 Å². The zero-order valence-corrected chi connectivity index (χ0v) is 10.3. The van der Waals surface area contributed by atoms with Crippen molar-refractivity contribution in [1.82, 2.24) is 9.97 Å². The van der Waals surface area contributed by atoms with Gasteiger partial charge in [0, 0.05) is 6.07 Å². The number of hydrogen-bond acceptors (Lipinski definition) is 6. The average molecular weight is 245 g/mol. The smallest absolute Gasteiger partial charge is 0.226 e. The molecule has 0 amide bonds. The maximum absolute atomic E-state index is 5.69. The standard InChI is InChI=1S/C12H15N5O/c1-7-4-3-5-9(8(7)2)18-11-6-10(17-14)15-12(13)16-11/h3-6H,14H2,1-2H3,(H3,13,15,16,17). The highest BCUT2D eigenvalue weighted by molar-refractivity contribution is 5.45. The maximum Gasteiger partial charge on any atom is 0.226 e. The molecule has 0 unspecified atom stereocenters. The molecule has 1 heterocycles. The molecular weight excluding hydrogens is 230 g/mol. The minimum atomic E-state index is 0.103. The van der Waals surface area contributed by atoms with Gasteiger partial charge in [0.25, 0.3) is 0 Å². The summed E-state index contributed by atoms with van der Waals surface area (Å²) in [6.07, 6.45) is 0. The highest BCUT2D eigenvalue weighted by Gasteiger charge is 2.07. The highest BCUT2D eigenvalue weighted by Crippen LogP contribution is 2.26. The summed E-state index contributed by atoms with van der Waals surface area (Å²) in [6, 6.07) is 7.39. The molecule has 0 radical (unpaired) electrons. The molecule has 0 bridgehead atoms. The molecule has 2 aromatic rings. The van der Waals surface area contributed by atoms with E-state index in [0.717, 1.165) is 16.9 Å². The molecule has 1 aromatic heterocycles. The summed E-state index contributed by atoms with van der Waals surface area (Å²) in [6.45, 7) is 4.00. The topological polar surface area (TPSA) is 99.1 Å². The van der Waals surface area contributed by atoms with E-state index in [9.17, 15) is 0 Å². The second-order valence-electron chi connectivity index (χ2n) is 3.89. The van der Waals surface area contributed by atoms with E-state index in [2.05, 4.69) is 15.4 Å². The normalized spacial score (nSPS) is 10.2. The Bertz CT molecular complexity index is 570. The lowest BCUT2D eigenvalue weighted by Crippen LogP contribution is -2.10. The van der Waals surface area contributed by atoms with Crippen molar-refractivity contribution in [2.75, 3.05) is 11.2 Å². The van der Waals surface area contributed by atoms with Crippen LogP contribution >= 0.6 is 0 Å². The number of aryl methyl sites for hydroxylation is 1. The second kappa shape index (κ2) is 4.89. The first-order valence-corrected chi connectivity index (χ1v) is 5.45. The first kappa shape index (κ1) is 12.1. The first-order chi connectivity index (χ1) is 8.60. The van der Waals surface area contributed by atoms with Gasteiger partial charge in [-0.25, -0.2) is 5.84 Å². The van der Waals surface area contributed by atoms with E-state index >= 15 is 0 Å². The summed E-state index contributed by atoms with van der Waals surface area (Å²) in [7, 11) is 0. The SMILES string of the molecule is Cc1cccc(Oc2cc(NN)nc(N)n2)c1C. The Morgan fingerprint density at radius 2 is 2.00 bits per heavy atom. The van der Waals surface area contributed by atoms with Crippen LogP contribution in [0.15, 0.2) is 24.3 Å². The van der Waals surface area contributed by atoms with Gasteiger partial charge in [-0.1, -0.05) is 12.1 Å². The van der Waals surface area contributed by atoms with Crippen LogP contribution < -0.4 is 21.7 Å². The quantitative estimate of drug-likeness (QED) is 0.563. The summed E-state index contributed by atoms with van der Waals surface area (Å²) >= 11 is 0. The molecule has 5 N–H and O–H groups in total. The fourth-order valence-corrected chi connectivity index (χ4v) is 1.52. The Labute approximate surface area is 105 Å². The second-order valence-corrected chi connectivity index (χ2v) is 3.89. The first-order valence-electron chi connectivity index (χ1n) is 5.45. The molecule has 0 atom stereocenters. The van der Waals surface area contributed by atoms with E-state index in [1.54, 1.807) is 6.07 Å². The summed E-state index contributed by atoms with van der Waals surface area (Å²) in [5.74, 6) is 6.88. The number of aromatic nitrogens is 2. The van der Waals surface area contributed by atoms with E-state index < -0.39 is 0 Å². The largest absolute Gasteiger partial charge is 0.438 e. The van der Waals surface area contributed by atoms with E-state index in [1.165, 1.54) is 0 Å². The minimum absolute atomic E-state index is 0.103. The number of hydrazine groups is 1. The molecule has 6 nitrogen and oxygen atoms in total. The molecule has 0 aliphatic carbocycles. The Morgan fingerprint density at radius 1 is 1.22 bits per heavy atom. The van der Waals surface area contributed by atoms with Gasteiger partial charge in [-0.3, -0.25) is 0 Å². The van der Waals surface area contributed by atoms with Gasteiger partial charge < -0.3 is 15.9 Å². The number of ether oxygens (including phenoxy) is 1. The molecule has 0 aliphatic heterocycles. The molecule has 94 valence electrons. The highest BCUT2D eigenvalue weighted by atomic mass is 16.5.